The molecule has 1 amide bonds. The minimum Gasteiger partial charge on any atom is -0.486 e. The van der Waals surface area contributed by atoms with E-state index in [9.17, 15) is 9.59 Å². The molecular formula is C22H18N4O4. The molecule has 0 radical (unpaired) electrons. The lowest BCUT2D eigenvalue weighted by Crippen LogP contribution is -2.29. The van der Waals surface area contributed by atoms with E-state index >= 15 is 0 Å². The summed E-state index contributed by atoms with van der Waals surface area (Å²) >= 11 is 0. The first kappa shape index (κ1) is 18.0. The molecule has 0 fully saturated rings. The van der Waals surface area contributed by atoms with Gasteiger partial charge in [0.05, 0.1) is 11.2 Å². The summed E-state index contributed by atoms with van der Waals surface area (Å²) < 4.78 is 14.0. The van der Waals surface area contributed by atoms with Crippen molar-refractivity contribution in [3.05, 3.63) is 77.3 Å². The Morgan fingerprint density at radius 3 is 2.63 bits per heavy atom. The van der Waals surface area contributed by atoms with Crippen molar-refractivity contribution >= 4 is 22.8 Å². The van der Waals surface area contributed by atoms with Gasteiger partial charge >= 0.3 is 5.69 Å². The highest BCUT2D eigenvalue weighted by Gasteiger charge is 2.18. The van der Waals surface area contributed by atoms with Gasteiger partial charge in [0, 0.05) is 18.0 Å². The zero-order valence-electron chi connectivity index (χ0n) is 15.9. The number of rotatable bonds is 4. The number of ether oxygens (including phenoxy) is 2. The second kappa shape index (κ2) is 7.40. The number of carbonyl (C=O) groups excluding carboxylic acids is 1. The van der Waals surface area contributed by atoms with E-state index in [0.717, 1.165) is 0 Å². The molecule has 2 aromatic carbocycles. The first-order chi connectivity index (χ1) is 14.7. The fraction of sp³-hybridized carbons (Fsp3) is 0.136. The zero-order chi connectivity index (χ0) is 20.5. The number of para-hydroxylation sites is 1. The van der Waals surface area contributed by atoms with Crippen LogP contribution in [0.15, 0.2) is 71.7 Å². The number of hydrogen-bond donors (Lipinski definition) is 1. The Kier molecular flexibility index (Phi) is 4.44. The van der Waals surface area contributed by atoms with E-state index in [1.54, 1.807) is 36.5 Å². The van der Waals surface area contributed by atoms with Crippen molar-refractivity contribution in [3.63, 3.8) is 0 Å². The minimum atomic E-state index is -0.329. The van der Waals surface area contributed by atoms with Gasteiger partial charge in [-0.3, -0.25) is 9.36 Å². The fourth-order valence-corrected chi connectivity index (χ4v) is 3.51. The summed E-state index contributed by atoms with van der Waals surface area (Å²) in [6.45, 7) is 0.822. The minimum absolute atomic E-state index is 0.144. The number of nitrogens with one attached hydrogen (secondary N) is 1. The Balaban J connectivity index is 1.46. The summed E-state index contributed by atoms with van der Waals surface area (Å²) in [5.74, 6) is 0.901. The van der Waals surface area contributed by atoms with E-state index in [4.69, 9.17) is 9.47 Å². The maximum Gasteiger partial charge on any atom is 0.335 e. The smallest absolute Gasteiger partial charge is 0.335 e. The quantitative estimate of drug-likeness (QED) is 0.567. The lowest BCUT2D eigenvalue weighted by Gasteiger charge is -2.19. The largest absolute Gasteiger partial charge is 0.486 e. The number of fused-ring (bicyclic) bond motifs is 2. The molecule has 0 unspecified atom stereocenters. The number of anilines is 1. The molecule has 2 aromatic heterocycles. The highest BCUT2D eigenvalue weighted by molar-refractivity contribution is 5.92. The summed E-state index contributed by atoms with van der Waals surface area (Å²) in [4.78, 5) is 30.2. The number of carbonyl (C=O) groups is 1. The Morgan fingerprint density at radius 1 is 1.00 bits per heavy atom. The molecule has 0 saturated carbocycles. The van der Waals surface area contributed by atoms with Crippen LogP contribution in [0.3, 0.4) is 0 Å². The molecule has 1 N–H and O–H groups in total. The molecule has 5 rings (SSSR count). The topological polar surface area (TPSA) is 87.4 Å². The van der Waals surface area contributed by atoms with E-state index in [1.807, 2.05) is 30.3 Å². The first-order valence-corrected chi connectivity index (χ1v) is 9.52. The van der Waals surface area contributed by atoms with Crippen LogP contribution in [0.2, 0.25) is 0 Å². The molecule has 0 atom stereocenters. The standard InChI is InChI=1S/C22H18N4O4/c27-20(24-15-8-9-18-19(13-15)30-12-11-29-18)14-25-17-7-4-10-23-21(17)26(22(25)28)16-5-2-1-3-6-16/h1-10,13H,11-12,14H2,(H,24,27). The number of pyridine rings is 1. The number of nitrogens with zero attached hydrogens (tertiary/aromatic N) is 3. The van der Waals surface area contributed by atoms with Crippen LogP contribution >= 0.6 is 0 Å². The van der Waals surface area contributed by atoms with Gasteiger partial charge < -0.3 is 14.8 Å². The molecule has 30 heavy (non-hydrogen) atoms. The number of aromatic nitrogens is 3. The van der Waals surface area contributed by atoms with E-state index in [1.165, 1.54) is 9.13 Å². The van der Waals surface area contributed by atoms with Gasteiger partial charge in [-0.05, 0) is 36.4 Å². The molecule has 4 aromatic rings. The second-order valence-electron chi connectivity index (χ2n) is 6.79. The molecule has 0 spiro atoms. The molecule has 0 bridgehead atoms. The fourth-order valence-electron chi connectivity index (χ4n) is 3.51. The molecule has 3 heterocycles. The number of benzene rings is 2. The summed E-state index contributed by atoms with van der Waals surface area (Å²) in [6, 6.07) is 18.0. The maximum absolute atomic E-state index is 13.1. The van der Waals surface area contributed by atoms with Gasteiger partial charge in [-0.25, -0.2) is 14.3 Å². The third-order valence-electron chi connectivity index (χ3n) is 4.83. The maximum atomic E-state index is 13.1. The van der Waals surface area contributed by atoms with Crippen LogP contribution in [0.25, 0.3) is 16.9 Å². The predicted octanol–water partition coefficient (Wildman–Crippen LogP) is 2.60. The van der Waals surface area contributed by atoms with E-state index in [2.05, 4.69) is 10.3 Å². The van der Waals surface area contributed by atoms with Crippen LogP contribution in [-0.2, 0) is 11.3 Å². The van der Waals surface area contributed by atoms with E-state index in [-0.39, 0.29) is 18.1 Å². The van der Waals surface area contributed by atoms with Crippen molar-refractivity contribution in [2.75, 3.05) is 18.5 Å². The Labute approximate surface area is 171 Å². The number of hydrogen-bond acceptors (Lipinski definition) is 5. The molecule has 8 nitrogen and oxygen atoms in total. The van der Waals surface area contributed by atoms with Crippen molar-refractivity contribution < 1.29 is 14.3 Å². The van der Waals surface area contributed by atoms with Gasteiger partial charge in [-0.1, -0.05) is 18.2 Å². The Hall–Kier alpha value is -4.07. The summed E-state index contributed by atoms with van der Waals surface area (Å²) in [5, 5.41) is 2.82. The highest BCUT2D eigenvalue weighted by Crippen LogP contribution is 2.32. The summed E-state index contributed by atoms with van der Waals surface area (Å²) in [7, 11) is 0. The molecule has 0 aliphatic carbocycles. The highest BCUT2D eigenvalue weighted by atomic mass is 16.6. The third-order valence-corrected chi connectivity index (χ3v) is 4.83. The molecule has 1 aliphatic rings. The van der Waals surface area contributed by atoms with Gasteiger partial charge in [-0.2, -0.15) is 0 Å². The average Bonchev–Trinajstić information content (AvgIpc) is 3.05. The van der Waals surface area contributed by atoms with Crippen molar-refractivity contribution in [2.24, 2.45) is 0 Å². The van der Waals surface area contributed by atoms with Crippen LogP contribution in [0.1, 0.15) is 0 Å². The van der Waals surface area contributed by atoms with Crippen molar-refractivity contribution in [1.29, 1.82) is 0 Å². The molecule has 0 saturated heterocycles. The van der Waals surface area contributed by atoms with Crippen LogP contribution in [0.4, 0.5) is 5.69 Å². The van der Waals surface area contributed by atoms with Crippen molar-refractivity contribution in [3.8, 4) is 17.2 Å². The van der Waals surface area contributed by atoms with Gasteiger partial charge in [0.2, 0.25) is 5.91 Å². The van der Waals surface area contributed by atoms with Crippen LogP contribution in [0, 0.1) is 0 Å². The van der Waals surface area contributed by atoms with Gasteiger partial charge in [-0.15, -0.1) is 0 Å². The predicted molar refractivity (Wildman–Crippen MR) is 111 cm³/mol. The van der Waals surface area contributed by atoms with Crippen LogP contribution < -0.4 is 20.5 Å². The Morgan fingerprint density at radius 2 is 1.80 bits per heavy atom. The third kappa shape index (κ3) is 3.18. The van der Waals surface area contributed by atoms with E-state index in [0.29, 0.717) is 47.3 Å². The molecule has 8 heteroatoms. The molecular weight excluding hydrogens is 384 g/mol. The van der Waals surface area contributed by atoms with Gasteiger partial charge in [0.1, 0.15) is 19.8 Å². The lowest BCUT2D eigenvalue weighted by molar-refractivity contribution is -0.116. The average molecular weight is 402 g/mol. The van der Waals surface area contributed by atoms with Crippen LogP contribution in [-0.4, -0.2) is 33.2 Å². The van der Waals surface area contributed by atoms with Crippen molar-refractivity contribution in [2.45, 2.75) is 6.54 Å². The van der Waals surface area contributed by atoms with Crippen LogP contribution in [0.5, 0.6) is 11.5 Å². The number of amides is 1. The van der Waals surface area contributed by atoms with Crippen molar-refractivity contribution in [1.82, 2.24) is 14.1 Å². The summed E-state index contributed by atoms with van der Waals surface area (Å²) in [5.41, 5.74) is 2.02. The van der Waals surface area contributed by atoms with Gasteiger partial charge in [0.25, 0.3) is 0 Å². The monoisotopic (exact) mass is 402 g/mol. The first-order valence-electron chi connectivity index (χ1n) is 9.52. The normalized spacial score (nSPS) is 12.7. The van der Waals surface area contributed by atoms with Gasteiger partial charge in [0.15, 0.2) is 17.1 Å². The number of imidazole rings is 1. The lowest BCUT2D eigenvalue weighted by atomic mass is 10.2. The van der Waals surface area contributed by atoms with E-state index < -0.39 is 0 Å². The summed E-state index contributed by atoms with van der Waals surface area (Å²) in [6.07, 6.45) is 1.63. The Bertz CT molecular complexity index is 1290. The SMILES string of the molecule is O=C(Cn1c(=O)n(-c2ccccc2)c2ncccc21)Nc1ccc2c(c1)OCCO2. The molecule has 1 aliphatic heterocycles. The zero-order valence-corrected chi connectivity index (χ0v) is 15.9. The molecule has 150 valence electrons. The second-order valence-corrected chi connectivity index (χ2v) is 6.79.